The zero-order valence-electron chi connectivity index (χ0n) is 24.9. The lowest BCUT2D eigenvalue weighted by molar-refractivity contribution is -0.133. The number of hydrogen-bond donors (Lipinski definition) is 0. The molecule has 0 spiro atoms. The maximum Gasteiger partial charge on any atom is 0.222 e. The molecule has 0 aliphatic carbocycles. The highest BCUT2D eigenvalue weighted by Crippen LogP contribution is 2.33. The first-order valence-corrected chi connectivity index (χ1v) is 14.7. The van der Waals surface area contributed by atoms with Crippen molar-refractivity contribution in [2.75, 3.05) is 29.4 Å². The summed E-state index contributed by atoms with van der Waals surface area (Å²) in [6.07, 6.45) is 3.20. The molecule has 1 heterocycles. The van der Waals surface area contributed by atoms with Gasteiger partial charge >= 0.3 is 0 Å². The Labute approximate surface area is 254 Å². The summed E-state index contributed by atoms with van der Waals surface area (Å²) in [5, 5.41) is 9.20. The monoisotopic (exact) mass is 568 g/mol. The fraction of sp³-hybridized carbons (Fsp3) is 0.216. The molecule has 0 aromatic heterocycles. The number of anilines is 2. The van der Waals surface area contributed by atoms with Crippen molar-refractivity contribution in [3.63, 3.8) is 0 Å². The summed E-state index contributed by atoms with van der Waals surface area (Å²) < 4.78 is 0. The van der Waals surface area contributed by atoms with Crippen molar-refractivity contribution in [1.29, 1.82) is 5.26 Å². The van der Waals surface area contributed by atoms with Crippen molar-refractivity contribution < 1.29 is 9.59 Å². The molecule has 1 unspecified atom stereocenters. The van der Waals surface area contributed by atoms with Gasteiger partial charge in [0, 0.05) is 43.6 Å². The maximum atomic E-state index is 12.7. The van der Waals surface area contributed by atoms with Crippen LogP contribution in [-0.2, 0) is 9.59 Å². The highest BCUT2D eigenvalue weighted by Gasteiger charge is 2.31. The van der Waals surface area contributed by atoms with Gasteiger partial charge in [0.1, 0.15) is 0 Å². The third-order valence-corrected chi connectivity index (χ3v) is 8.14. The smallest absolute Gasteiger partial charge is 0.222 e. The van der Waals surface area contributed by atoms with Gasteiger partial charge in [0.25, 0.3) is 0 Å². The highest BCUT2D eigenvalue weighted by atomic mass is 16.2. The summed E-state index contributed by atoms with van der Waals surface area (Å²) in [6, 6.07) is 34.1. The molecular formula is C37H36N4O2. The Morgan fingerprint density at radius 1 is 0.953 bits per heavy atom. The first kappa shape index (κ1) is 29.3. The highest BCUT2D eigenvalue weighted by molar-refractivity contribution is 5.87. The van der Waals surface area contributed by atoms with Crippen LogP contribution < -0.4 is 9.80 Å². The second-order valence-electron chi connectivity index (χ2n) is 10.8. The number of allylic oxidation sites excluding steroid dienone is 1. The molecule has 0 bridgehead atoms. The fourth-order valence-electron chi connectivity index (χ4n) is 5.91. The predicted octanol–water partition coefficient (Wildman–Crippen LogP) is 7.36. The minimum atomic E-state index is -0.0152. The van der Waals surface area contributed by atoms with Crippen LogP contribution >= 0.6 is 0 Å². The number of nitrogens with zero attached hydrogens (tertiary/aromatic N) is 4. The molecule has 0 saturated carbocycles. The van der Waals surface area contributed by atoms with Crippen LogP contribution in [0.4, 0.5) is 11.4 Å². The number of aryl methyl sites for hydroxylation is 1. The molecule has 0 radical (unpaired) electrons. The largest absolute Gasteiger partial charge is 0.367 e. The van der Waals surface area contributed by atoms with E-state index in [0.29, 0.717) is 25.1 Å². The summed E-state index contributed by atoms with van der Waals surface area (Å²) >= 11 is 0. The van der Waals surface area contributed by atoms with Gasteiger partial charge in [-0.05, 0) is 83.6 Å². The standard InChI is InChI=1S/C37H36N4O2/c1-4-36(43)41-22-21-39(25-35(41)31-10-6-5-7-11-31)32-17-19-33(20-18-32)40(26-42)24-28(3)37-27(2)9-8-12-34(37)30-15-13-29(23-38)14-16-30/h5-20,24,26,35H,4,21-22,25H2,1-3H3/b28-24-. The van der Waals surface area contributed by atoms with Gasteiger partial charge in [-0.25, -0.2) is 0 Å². The Kier molecular flexibility index (Phi) is 9.02. The van der Waals surface area contributed by atoms with Crippen molar-refractivity contribution >= 4 is 29.3 Å². The second-order valence-corrected chi connectivity index (χ2v) is 10.8. The molecule has 4 aromatic carbocycles. The van der Waals surface area contributed by atoms with Crippen molar-refractivity contribution in [2.45, 2.75) is 33.2 Å². The lowest BCUT2D eigenvalue weighted by Crippen LogP contribution is -2.50. The number of benzene rings is 4. The number of carbonyl (C=O) groups is 2. The van der Waals surface area contributed by atoms with E-state index in [1.54, 1.807) is 4.90 Å². The normalized spacial score (nSPS) is 15.1. The zero-order valence-corrected chi connectivity index (χ0v) is 24.9. The van der Waals surface area contributed by atoms with E-state index in [-0.39, 0.29) is 11.9 Å². The number of hydrogen-bond acceptors (Lipinski definition) is 4. The molecule has 6 nitrogen and oxygen atoms in total. The van der Waals surface area contributed by atoms with Gasteiger partial charge in [0.05, 0.1) is 17.7 Å². The van der Waals surface area contributed by atoms with Gasteiger partial charge in [0.15, 0.2) is 0 Å². The quantitative estimate of drug-likeness (QED) is 0.208. The Morgan fingerprint density at radius 3 is 2.33 bits per heavy atom. The van der Waals surface area contributed by atoms with Gasteiger partial charge in [-0.2, -0.15) is 5.26 Å². The summed E-state index contributed by atoms with van der Waals surface area (Å²) in [4.78, 5) is 31.0. The predicted molar refractivity (Wildman–Crippen MR) is 173 cm³/mol. The minimum absolute atomic E-state index is 0.0152. The molecule has 1 aliphatic rings. The number of piperazine rings is 1. The van der Waals surface area contributed by atoms with Gasteiger partial charge in [0.2, 0.25) is 12.3 Å². The van der Waals surface area contributed by atoms with E-state index < -0.39 is 0 Å². The fourth-order valence-corrected chi connectivity index (χ4v) is 5.91. The Hall–Kier alpha value is -5.15. The summed E-state index contributed by atoms with van der Waals surface area (Å²) in [7, 11) is 0. The molecule has 6 heteroatoms. The van der Waals surface area contributed by atoms with Crippen LogP contribution in [0.2, 0.25) is 0 Å². The van der Waals surface area contributed by atoms with E-state index in [9.17, 15) is 14.9 Å². The van der Waals surface area contributed by atoms with Crippen LogP contribution in [0.25, 0.3) is 16.7 Å². The molecular weight excluding hydrogens is 532 g/mol. The summed E-state index contributed by atoms with van der Waals surface area (Å²) in [5.41, 5.74) is 8.76. The SMILES string of the molecule is CCC(=O)N1CCN(c2ccc(N(C=O)/C=C(/C)c3c(C)cccc3-c3ccc(C#N)cc3)cc2)CC1c1ccccc1. The Bertz CT molecular complexity index is 1650. The van der Waals surface area contributed by atoms with Crippen molar-refractivity contribution in [2.24, 2.45) is 0 Å². The molecule has 2 amide bonds. The van der Waals surface area contributed by atoms with Crippen LogP contribution in [0.15, 0.2) is 103 Å². The van der Waals surface area contributed by atoms with Crippen LogP contribution in [0.5, 0.6) is 0 Å². The second kappa shape index (κ2) is 13.2. The van der Waals surface area contributed by atoms with Crippen molar-refractivity contribution in [1.82, 2.24) is 4.90 Å². The lowest BCUT2D eigenvalue weighted by atomic mass is 9.91. The first-order valence-electron chi connectivity index (χ1n) is 14.7. The molecule has 1 aliphatic heterocycles. The van der Waals surface area contributed by atoms with E-state index in [1.165, 1.54) is 0 Å². The summed E-state index contributed by atoms with van der Waals surface area (Å²) in [5.74, 6) is 0.170. The van der Waals surface area contributed by atoms with Gasteiger partial charge < -0.3 is 9.80 Å². The number of nitriles is 1. The van der Waals surface area contributed by atoms with E-state index >= 15 is 0 Å². The van der Waals surface area contributed by atoms with Crippen LogP contribution in [0.3, 0.4) is 0 Å². The van der Waals surface area contributed by atoms with Crippen LogP contribution in [0.1, 0.15) is 48.6 Å². The molecule has 4 aromatic rings. The third kappa shape index (κ3) is 6.37. The van der Waals surface area contributed by atoms with E-state index in [2.05, 4.69) is 42.2 Å². The number of carbonyl (C=O) groups excluding carboxylic acids is 2. The van der Waals surface area contributed by atoms with E-state index in [0.717, 1.165) is 57.7 Å². The lowest BCUT2D eigenvalue weighted by Gasteiger charge is -2.42. The molecule has 0 N–H and O–H groups in total. The third-order valence-electron chi connectivity index (χ3n) is 8.14. The molecule has 5 rings (SSSR count). The molecule has 1 saturated heterocycles. The number of rotatable bonds is 8. The first-order chi connectivity index (χ1) is 20.9. The van der Waals surface area contributed by atoms with E-state index in [1.807, 2.05) is 97.7 Å². The Balaban J connectivity index is 1.39. The summed E-state index contributed by atoms with van der Waals surface area (Å²) in [6.45, 7) is 8.11. The van der Waals surface area contributed by atoms with E-state index in [4.69, 9.17) is 0 Å². The molecule has 216 valence electrons. The van der Waals surface area contributed by atoms with Crippen molar-refractivity contribution in [3.8, 4) is 17.2 Å². The average molecular weight is 569 g/mol. The molecule has 43 heavy (non-hydrogen) atoms. The van der Waals surface area contributed by atoms with Gasteiger partial charge in [-0.3, -0.25) is 14.5 Å². The topological polar surface area (TPSA) is 67.7 Å². The molecule has 1 atom stereocenters. The van der Waals surface area contributed by atoms with Gasteiger partial charge in [-0.15, -0.1) is 0 Å². The van der Waals surface area contributed by atoms with Crippen LogP contribution in [0, 0.1) is 18.3 Å². The van der Waals surface area contributed by atoms with Crippen LogP contribution in [-0.4, -0.2) is 36.9 Å². The average Bonchev–Trinajstić information content (AvgIpc) is 3.07. The number of amides is 2. The minimum Gasteiger partial charge on any atom is -0.367 e. The van der Waals surface area contributed by atoms with Crippen molar-refractivity contribution in [3.05, 3.63) is 126 Å². The Morgan fingerprint density at radius 2 is 1.67 bits per heavy atom. The van der Waals surface area contributed by atoms with Gasteiger partial charge in [-0.1, -0.05) is 67.6 Å². The zero-order chi connectivity index (χ0) is 30.3. The maximum absolute atomic E-state index is 12.7. The molecule has 1 fully saturated rings.